The molecule has 0 amide bonds. The molecule has 162 valence electrons. The first kappa shape index (κ1) is 21.6. The van der Waals surface area contributed by atoms with E-state index in [0.29, 0.717) is 28.4 Å². The number of benzene rings is 1. The van der Waals surface area contributed by atoms with Crippen molar-refractivity contribution in [2.45, 2.75) is 26.3 Å². The molecule has 3 heterocycles. The molecular weight excluding hydrogens is 421 g/mol. The van der Waals surface area contributed by atoms with Gasteiger partial charge in [-0.1, -0.05) is 29.3 Å². The number of halogens is 2. The standard InChI is InChI=1S/C22H29Cl2N5O/c1-15-22(26-10-16-4-5-19(23)9-20(16)24)27-21(11-25-15)29-13-18(14-29)17-3-2-6-28(12-17)7-8-30/h4-5,9,11,17-18,30H,2-3,6-8,10,12-14H2,1H3,(H,26,27). The summed E-state index contributed by atoms with van der Waals surface area (Å²) in [5.74, 6) is 3.11. The molecule has 0 spiro atoms. The monoisotopic (exact) mass is 449 g/mol. The van der Waals surface area contributed by atoms with Gasteiger partial charge in [-0.05, 0) is 55.8 Å². The van der Waals surface area contributed by atoms with Crippen molar-refractivity contribution >= 4 is 34.8 Å². The number of hydrogen-bond acceptors (Lipinski definition) is 6. The van der Waals surface area contributed by atoms with Crippen molar-refractivity contribution in [2.75, 3.05) is 49.5 Å². The summed E-state index contributed by atoms with van der Waals surface area (Å²) in [5, 5.41) is 13.9. The lowest BCUT2D eigenvalue weighted by Crippen LogP contribution is -2.54. The molecule has 2 N–H and O–H groups in total. The van der Waals surface area contributed by atoms with E-state index < -0.39 is 0 Å². The van der Waals surface area contributed by atoms with Gasteiger partial charge in [0, 0.05) is 42.8 Å². The van der Waals surface area contributed by atoms with Crippen LogP contribution in [0.5, 0.6) is 0 Å². The Labute approximate surface area is 188 Å². The summed E-state index contributed by atoms with van der Waals surface area (Å²) in [5.41, 5.74) is 1.84. The average Bonchev–Trinajstić information content (AvgIpc) is 2.69. The number of aliphatic hydroxyl groups is 1. The third kappa shape index (κ3) is 4.99. The molecule has 0 saturated carbocycles. The summed E-state index contributed by atoms with van der Waals surface area (Å²) in [4.78, 5) is 14.1. The van der Waals surface area contributed by atoms with Crippen molar-refractivity contribution in [2.24, 2.45) is 11.8 Å². The lowest BCUT2D eigenvalue weighted by atomic mass is 9.80. The Morgan fingerprint density at radius 3 is 2.80 bits per heavy atom. The lowest BCUT2D eigenvalue weighted by molar-refractivity contribution is 0.101. The number of aryl methyl sites for hydroxylation is 1. The Morgan fingerprint density at radius 1 is 1.20 bits per heavy atom. The van der Waals surface area contributed by atoms with Gasteiger partial charge in [-0.25, -0.2) is 4.98 Å². The molecule has 6 nitrogen and oxygen atoms in total. The molecule has 2 aliphatic heterocycles. The summed E-state index contributed by atoms with van der Waals surface area (Å²) in [6.45, 7) is 7.84. The van der Waals surface area contributed by atoms with Crippen molar-refractivity contribution in [1.29, 1.82) is 0 Å². The van der Waals surface area contributed by atoms with E-state index in [4.69, 9.17) is 28.2 Å². The van der Waals surface area contributed by atoms with Gasteiger partial charge in [0.25, 0.3) is 0 Å². The highest BCUT2D eigenvalue weighted by Gasteiger charge is 2.36. The van der Waals surface area contributed by atoms with Crippen LogP contribution in [0.3, 0.4) is 0 Å². The lowest BCUT2D eigenvalue weighted by Gasteiger charge is -2.47. The number of piperidine rings is 1. The van der Waals surface area contributed by atoms with Crippen LogP contribution in [0.1, 0.15) is 24.1 Å². The quantitative estimate of drug-likeness (QED) is 0.669. The number of anilines is 2. The van der Waals surface area contributed by atoms with Crippen molar-refractivity contribution in [3.63, 3.8) is 0 Å². The van der Waals surface area contributed by atoms with Gasteiger partial charge in [0.15, 0.2) is 0 Å². The van der Waals surface area contributed by atoms with Crippen LogP contribution in [0, 0.1) is 18.8 Å². The number of nitrogens with zero attached hydrogens (tertiary/aromatic N) is 4. The van der Waals surface area contributed by atoms with E-state index in [1.165, 1.54) is 12.8 Å². The maximum Gasteiger partial charge on any atom is 0.150 e. The second-order valence-corrected chi connectivity index (χ2v) is 9.19. The molecule has 1 unspecified atom stereocenters. The Balaban J connectivity index is 1.35. The normalized spacial score (nSPS) is 20.3. The van der Waals surface area contributed by atoms with E-state index in [9.17, 15) is 5.11 Å². The first-order chi connectivity index (χ1) is 14.5. The zero-order valence-corrected chi connectivity index (χ0v) is 18.8. The highest BCUT2D eigenvalue weighted by atomic mass is 35.5. The number of hydrogen-bond donors (Lipinski definition) is 2. The fourth-order valence-electron chi connectivity index (χ4n) is 4.42. The topological polar surface area (TPSA) is 64.5 Å². The fraction of sp³-hybridized carbons (Fsp3) is 0.545. The third-order valence-corrected chi connectivity index (χ3v) is 6.85. The first-order valence-corrected chi connectivity index (χ1v) is 11.4. The molecule has 2 saturated heterocycles. The molecule has 30 heavy (non-hydrogen) atoms. The highest BCUT2D eigenvalue weighted by Crippen LogP contribution is 2.33. The Morgan fingerprint density at radius 2 is 2.03 bits per heavy atom. The summed E-state index contributed by atoms with van der Waals surface area (Å²) in [7, 11) is 0. The Kier molecular flexibility index (Phi) is 6.98. The van der Waals surface area contributed by atoms with Gasteiger partial charge in [0.2, 0.25) is 0 Å². The first-order valence-electron chi connectivity index (χ1n) is 10.6. The molecule has 1 atom stereocenters. The zero-order chi connectivity index (χ0) is 21.1. The van der Waals surface area contributed by atoms with E-state index in [1.807, 2.05) is 25.3 Å². The largest absolute Gasteiger partial charge is 0.395 e. The van der Waals surface area contributed by atoms with E-state index in [2.05, 4.69) is 20.1 Å². The van der Waals surface area contributed by atoms with Crippen LogP contribution in [-0.2, 0) is 6.54 Å². The second kappa shape index (κ2) is 9.69. The van der Waals surface area contributed by atoms with Gasteiger partial charge in [-0.15, -0.1) is 0 Å². The minimum Gasteiger partial charge on any atom is -0.395 e. The van der Waals surface area contributed by atoms with Crippen LogP contribution in [0.4, 0.5) is 11.6 Å². The minimum atomic E-state index is 0.249. The van der Waals surface area contributed by atoms with Crippen molar-refractivity contribution in [3.05, 3.63) is 45.7 Å². The molecular formula is C22H29Cl2N5O. The summed E-state index contributed by atoms with van der Waals surface area (Å²) in [6, 6.07) is 5.52. The van der Waals surface area contributed by atoms with Crippen LogP contribution in [-0.4, -0.2) is 59.3 Å². The molecule has 0 aliphatic carbocycles. The molecule has 0 radical (unpaired) electrons. The number of aromatic nitrogens is 2. The Hall–Kier alpha value is -1.60. The predicted molar refractivity (Wildman–Crippen MR) is 123 cm³/mol. The van der Waals surface area contributed by atoms with E-state index in [0.717, 1.165) is 55.6 Å². The maximum absolute atomic E-state index is 9.21. The van der Waals surface area contributed by atoms with Gasteiger partial charge in [-0.2, -0.15) is 0 Å². The van der Waals surface area contributed by atoms with Gasteiger partial charge in [0.05, 0.1) is 18.5 Å². The Bertz CT molecular complexity index is 873. The van der Waals surface area contributed by atoms with Crippen molar-refractivity contribution in [3.8, 4) is 0 Å². The molecule has 2 fully saturated rings. The molecule has 4 rings (SSSR count). The fourth-order valence-corrected chi connectivity index (χ4v) is 4.90. The number of nitrogens with one attached hydrogen (secondary N) is 1. The zero-order valence-electron chi connectivity index (χ0n) is 17.3. The van der Waals surface area contributed by atoms with E-state index in [-0.39, 0.29) is 6.61 Å². The smallest absolute Gasteiger partial charge is 0.150 e. The molecule has 2 aliphatic rings. The number of rotatable bonds is 7. The van der Waals surface area contributed by atoms with Crippen LogP contribution in [0.15, 0.2) is 24.4 Å². The molecule has 1 aromatic carbocycles. The predicted octanol–water partition coefficient (Wildman–Crippen LogP) is 3.84. The van der Waals surface area contributed by atoms with E-state index in [1.54, 1.807) is 6.07 Å². The number of likely N-dealkylation sites (tertiary alicyclic amines) is 1. The molecule has 1 aromatic heterocycles. The summed E-state index contributed by atoms with van der Waals surface area (Å²) in [6.07, 6.45) is 4.38. The molecule has 0 bridgehead atoms. The van der Waals surface area contributed by atoms with Crippen LogP contribution in [0.25, 0.3) is 0 Å². The minimum absolute atomic E-state index is 0.249. The summed E-state index contributed by atoms with van der Waals surface area (Å²) >= 11 is 12.3. The van der Waals surface area contributed by atoms with Crippen molar-refractivity contribution < 1.29 is 5.11 Å². The van der Waals surface area contributed by atoms with E-state index >= 15 is 0 Å². The maximum atomic E-state index is 9.21. The molecule has 2 aromatic rings. The van der Waals surface area contributed by atoms with Crippen LogP contribution >= 0.6 is 23.2 Å². The number of β-amino-alcohol motifs (C(OH)–C–C–N with tert-alkyl or cyclic N) is 1. The van der Waals surface area contributed by atoms with Crippen LogP contribution < -0.4 is 10.2 Å². The van der Waals surface area contributed by atoms with Gasteiger partial charge in [-0.3, -0.25) is 4.98 Å². The average molecular weight is 450 g/mol. The third-order valence-electron chi connectivity index (χ3n) is 6.26. The molecule has 8 heteroatoms. The summed E-state index contributed by atoms with van der Waals surface area (Å²) < 4.78 is 0. The van der Waals surface area contributed by atoms with Gasteiger partial charge < -0.3 is 20.2 Å². The van der Waals surface area contributed by atoms with Gasteiger partial charge in [0.1, 0.15) is 11.6 Å². The van der Waals surface area contributed by atoms with Gasteiger partial charge >= 0.3 is 0 Å². The van der Waals surface area contributed by atoms with Crippen molar-refractivity contribution in [1.82, 2.24) is 14.9 Å². The second-order valence-electron chi connectivity index (χ2n) is 8.34. The number of aliphatic hydroxyl groups excluding tert-OH is 1. The highest BCUT2D eigenvalue weighted by molar-refractivity contribution is 6.35. The van der Waals surface area contributed by atoms with Crippen LogP contribution in [0.2, 0.25) is 10.0 Å². The SMILES string of the molecule is Cc1ncc(N2CC(C3CCCN(CCO)C3)C2)nc1NCc1ccc(Cl)cc1Cl.